The molecule has 0 bridgehead atoms. The Hall–Kier alpha value is -2.03. The molecule has 18 heavy (non-hydrogen) atoms. The van der Waals surface area contributed by atoms with Crippen LogP contribution in [0.5, 0.6) is 5.75 Å². The summed E-state index contributed by atoms with van der Waals surface area (Å²) >= 11 is 0. The van der Waals surface area contributed by atoms with Crippen LogP contribution in [0.25, 0.3) is 11.1 Å². The van der Waals surface area contributed by atoms with E-state index in [1.165, 1.54) is 5.56 Å². The molecule has 1 aliphatic rings. The van der Waals surface area contributed by atoms with E-state index in [4.69, 9.17) is 4.74 Å². The van der Waals surface area contributed by atoms with Crippen LogP contribution in [0.1, 0.15) is 16.8 Å². The van der Waals surface area contributed by atoms with Gasteiger partial charge in [0, 0.05) is 17.7 Å². The molecular formula is C15H15NO2. The number of pyridine rings is 1. The molecule has 0 saturated carbocycles. The Labute approximate surface area is 105 Å². The van der Waals surface area contributed by atoms with E-state index in [2.05, 4.69) is 11.1 Å². The number of rotatable bonds is 1. The van der Waals surface area contributed by atoms with Crippen molar-refractivity contribution in [2.45, 2.75) is 20.3 Å². The normalized spacial score (nSPS) is 13.2. The van der Waals surface area contributed by atoms with Crippen molar-refractivity contribution in [3.8, 4) is 16.9 Å². The Bertz CT molecular complexity index is 671. The monoisotopic (exact) mass is 241 g/mol. The quantitative estimate of drug-likeness (QED) is 0.833. The largest absolute Gasteiger partial charge is 0.492 e. The van der Waals surface area contributed by atoms with Crippen molar-refractivity contribution in [1.29, 1.82) is 0 Å². The zero-order valence-corrected chi connectivity index (χ0v) is 10.5. The number of hydrogen-bond donors (Lipinski definition) is 1. The molecule has 0 fully saturated rings. The number of ether oxygens (including phenoxy) is 1. The highest BCUT2D eigenvalue weighted by molar-refractivity contribution is 5.72. The number of aromatic nitrogens is 1. The van der Waals surface area contributed by atoms with Gasteiger partial charge in [0.1, 0.15) is 5.75 Å². The maximum Gasteiger partial charge on any atom is 0.256 e. The van der Waals surface area contributed by atoms with Crippen molar-refractivity contribution < 1.29 is 4.74 Å². The van der Waals surface area contributed by atoms with Crippen molar-refractivity contribution in [2.24, 2.45) is 0 Å². The molecule has 0 radical (unpaired) electrons. The van der Waals surface area contributed by atoms with Gasteiger partial charge in [0.25, 0.3) is 5.56 Å². The average molecular weight is 241 g/mol. The van der Waals surface area contributed by atoms with Gasteiger partial charge in [0.05, 0.1) is 12.2 Å². The van der Waals surface area contributed by atoms with E-state index >= 15 is 0 Å². The molecule has 1 aromatic heterocycles. The first-order chi connectivity index (χ1) is 8.66. The molecular weight excluding hydrogens is 226 g/mol. The maximum atomic E-state index is 12.1. The molecule has 92 valence electrons. The van der Waals surface area contributed by atoms with Gasteiger partial charge in [-0.1, -0.05) is 18.2 Å². The van der Waals surface area contributed by atoms with E-state index in [9.17, 15) is 4.79 Å². The second-order valence-corrected chi connectivity index (χ2v) is 4.71. The summed E-state index contributed by atoms with van der Waals surface area (Å²) in [6.07, 6.45) is 0.923. The minimum absolute atomic E-state index is 0.0537. The van der Waals surface area contributed by atoms with Gasteiger partial charge in [-0.2, -0.15) is 0 Å². The van der Waals surface area contributed by atoms with Crippen LogP contribution in [-0.2, 0) is 6.42 Å². The van der Waals surface area contributed by atoms with E-state index in [1.807, 2.05) is 32.0 Å². The van der Waals surface area contributed by atoms with Crippen molar-refractivity contribution in [1.82, 2.24) is 4.98 Å². The summed E-state index contributed by atoms with van der Waals surface area (Å²) in [5.74, 6) is 0.867. The highest BCUT2D eigenvalue weighted by Gasteiger charge is 2.18. The Balaban J connectivity index is 2.25. The lowest BCUT2D eigenvalue weighted by Gasteiger charge is -2.09. The Morgan fingerprint density at radius 2 is 2.06 bits per heavy atom. The Morgan fingerprint density at radius 1 is 1.22 bits per heavy atom. The van der Waals surface area contributed by atoms with Crippen LogP contribution < -0.4 is 10.3 Å². The standard InChI is InChI=1S/C15H15NO2/c1-9-8-13(15(17)16-10(9)2)12-5-3-4-11-6-7-18-14(11)12/h3-5,8H,6-7H2,1-2H3,(H,16,17). The topological polar surface area (TPSA) is 42.1 Å². The smallest absolute Gasteiger partial charge is 0.256 e. The van der Waals surface area contributed by atoms with Crippen molar-refractivity contribution >= 4 is 0 Å². The third kappa shape index (κ3) is 1.63. The van der Waals surface area contributed by atoms with E-state index in [1.54, 1.807) is 0 Å². The van der Waals surface area contributed by atoms with E-state index in [0.717, 1.165) is 29.0 Å². The molecule has 3 rings (SSSR count). The number of aromatic amines is 1. The van der Waals surface area contributed by atoms with Crippen LogP contribution in [0.15, 0.2) is 29.1 Å². The second-order valence-electron chi connectivity index (χ2n) is 4.71. The van der Waals surface area contributed by atoms with Gasteiger partial charge < -0.3 is 9.72 Å². The minimum Gasteiger partial charge on any atom is -0.492 e. The molecule has 0 spiro atoms. The predicted molar refractivity (Wildman–Crippen MR) is 71.2 cm³/mol. The average Bonchev–Trinajstić information content (AvgIpc) is 2.82. The molecule has 3 nitrogen and oxygen atoms in total. The van der Waals surface area contributed by atoms with Crippen LogP contribution in [0, 0.1) is 13.8 Å². The number of nitrogens with one attached hydrogen (secondary N) is 1. The lowest BCUT2D eigenvalue weighted by Crippen LogP contribution is -2.11. The molecule has 2 aromatic rings. The van der Waals surface area contributed by atoms with Crippen LogP contribution in [-0.4, -0.2) is 11.6 Å². The number of aryl methyl sites for hydroxylation is 2. The lowest BCUT2D eigenvalue weighted by molar-refractivity contribution is 0.358. The van der Waals surface area contributed by atoms with Crippen molar-refractivity contribution in [3.05, 3.63) is 51.4 Å². The van der Waals surface area contributed by atoms with Gasteiger partial charge in [-0.05, 0) is 31.0 Å². The summed E-state index contributed by atoms with van der Waals surface area (Å²) in [6.45, 7) is 4.61. The second kappa shape index (κ2) is 4.02. The first kappa shape index (κ1) is 11.1. The van der Waals surface area contributed by atoms with Crippen LogP contribution >= 0.6 is 0 Å². The van der Waals surface area contributed by atoms with Crippen LogP contribution in [0.2, 0.25) is 0 Å². The minimum atomic E-state index is -0.0537. The van der Waals surface area contributed by atoms with E-state index in [-0.39, 0.29) is 5.56 Å². The molecule has 1 aromatic carbocycles. The van der Waals surface area contributed by atoms with Gasteiger partial charge in [-0.15, -0.1) is 0 Å². The number of fused-ring (bicyclic) bond motifs is 1. The lowest BCUT2D eigenvalue weighted by atomic mass is 10.0. The molecule has 0 unspecified atom stereocenters. The first-order valence-electron chi connectivity index (χ1n) is 6.12. The van der Waals surface area contributed by atoms with Gasteiger partial charge >= 0.3 is 0 Å². The Morgan fingerprint density at radius 3 is 2.89 bits per heavy atom. The number of para-hydroxylation sites is 1. The third-order valence-corrected chi connectivity index (χ3v) is 3.50. The summed E-state index contributed by atoms with van der Waals surface area (Å²) in [7, 11) is 0. The molecule has 0 saturated heterocycles. The molecule has 2 heterocycles. The zero-order chi connectivity index (χ0) is 12.7. The summed E-state index contributed by atoms with van der Waals surface area (Å²) in [4.78, 5) is 15.0. The molecule has 1 N–H and O–H groups in total. The van der Waals surface area contributed by atoms with Crippen LogP contribution in [0.4, 0.5) is 0 Å². The molecule has 0 atom stereocenters. The molecule has 3 heteroatoms. The highest BCUT2D eigenvalue weighted by Crippen LogP contribution is 2.35. The fourth-order valence-electron chi connectivity index (χ4n) is 2.35. The van der Waals surface area contributed by atoms with Crippen molar-refractivity contribution in [2.75, 3.05) is 6.61 Å². The first-order valence-corrected chi connectivity index (χ1v) is 6.12. The fourth-order valence-corrected chi connectivity index (χ4v) is 2.35. The molecule has 0 aliphatic carbocycles. The third-order valence-electron chi connectivity index (χ3n) is 3.50. The SMILES string of the molecule is Cc1cc(-c2cccc3c2OCC3)c(=O)[nH]c1C. The summed E-state index contributed by atoms with van der Waals surface area (Å²) in [6, 6.07) is 7.92. The van der Waals surface area contributed by atoms with Crippen molar-refractivity contribution in [3.63, 3.8) is 0 Å². The van der Waals surface area contributed by atoms with Crippen LogP contribution in [0.3, 0.4) is 0 Å². The van der Waals surface area contributed by atoms with Gasteiger partial charge in [0.2, 0.25) is 0 Å². The predicted octanol–water partition coefficient (Wildman–Crippen LogP) is 2.59. The highest BCUT2D eigenvalue weighted by atomic mass is 16.5. The summed E-state index contributed by atoms with van der Waals surface area (Å²) in [5, 5.41) is 0. The van der Waals surface area contributed by atoms with Gasteiger partial charge in [0.15, 0.2) is 0 Å². The fraction of sp³-hybridized carbons (Fsp3) is 0.267. The number of hydrogen-bond acceptors (Lipinski definition) is 2. The van der Waals surface area contributed by atoms with Gasteiger partial charge in [-0.3, -0.25) is 4.79 Å². The molecule has 0 amide bonds. The molecule has 1 aliphatic heterocycles. The summed E-state index contributed by atoms with van der Waals surface area (Å²) in [5.41, 5.74) is 4.72. The summed E-state index contributed by atoms with van der Waals surface area (Å²) < 4.78 is 5.66. The number of H-pyrrole nitrogens is 1. The maximum absolute atomic E-state index is 12.1. The van der Waals surface area contributed by atoms with E-state index < -0.39 is 0 Å². The van der Waals surface area contributed by atoms with Gasteiger partial charge in [-0.25, -0.2) is 0 Å². The Kier molecular flexibility index (Phi) is 2.47. The number of benzene rings is 1. The van der Waals surface area contributed by atoms with E-state index in [0.29, 0.717) is 12.2 Å². The zero-order valence-electron chi connectivity index (χ0n) is 10.5.